The van der Waals surface area contributed by atoms with Crippen LogP contribution in [0.4, 0.5) is 4.79 Å². The highest BCUT2D eigenvalue weighted by Crippen LogP contribution is 2.22. The molecule has 0 bridgehead atoms. The van der Waals surface area contributed by atoms with Gasteiger partial charge in [-0.2, -0.15) is 0 Å². The van der Waals surface area contributed by atoms with Gasteiger partial charge in [-0.05, 0) is 32.4 Å². The molecule has 0 N–H and O–H groups in total. The Kier molecular flexibility index (Phi) is 3.55. The predicted octanol–water partition coefficient (Wildman–Crippen LogP) is 1.94. The molecule has 2 heterocycles. The molecule has 1 aromatic rings. The molecule has 0 spiro atoms. The van der Waals surface area contributed by atoms with Gasteiger partial charge in [-0.1, -0.05) is 6.07 Å². The first-order valence-electron chi connectivity index (χ1n) is 6.28. The van der Waals surface area contributed by atoms with Crippen molar-refractivity contribution in [1.82, 2.24) is 9.88 Å². The average Bonchev–Trinajstić information content (AvgIpc) is 2.35. The molecule has 0 fully saturated rings. The summed E-state index contributed by atoms with van der Waals surface area (Å²) < 4.78 is 5.32. The number of ether oxygens (including phenoxy) is 1. The van der Waals surface area contributed by atoms with Gasteiger partial charge in [0.2, 0.25) is 0 Å². The summed E-state index contributed by atoms with van der Waals surface area (Å²) in [6.45, 7) is 5.72. The van der Waals surface area contributed by atoms with Gasteiger partial charge >= 0.3 is 6.09 Å². The standard InChI is InChI=1S/C14H18N2O3/c1-14(2,3)19-13(18)16-8-12-10(5-4-6-15-12)7-11(16)9-17/h4-6,9,11H,7-8H2,1-3H3. The SMILES string of the molecule is CC(C)(C)OC(=O)N1Cc2ncccc2CC1C=O. The molecule has 0 radical (unpaired) electrons. The van der Waals surface area contributed by atoms with Gasteiger partial charge in [0, 0.05) is 12.6 Å². The zero-order valence-electron chi connectivity index (χ0n) is 11.4. The van der Waals surface area contributed by atoms with Gasteiger partial charge in [-0.25, -0.2) is 4.79 Å². The van der Waals surface area contributed by atoms with Crippen molar-refractivity contribution in [1.29, 1.82) is 0 Å². The predicted molar refractivity (Wildman–Crippen MR) is 69.6 cm³/mol. The summed E-state index contributed by atoms with van der Waals surface area (Å²) in [6, 6.07) is 3.29. The smallest absolute Gasteiger partial charge is 0.411 e. The molecule has 5 heteroatoms. The van der Waals surface area contributed by atoms with E-state index < -0.39 is 17.7 Å². The van der Waals surface area contributed by atoms with Crippen LogP contribution in [-0.2, 0) is 22.5 Å². The van der Waals surface area contributed by atoms with Crippen LogP contribution in [0.15, 0.2) is 18.3 Å². The highest BCUT2D eigenvalue weighted by Gasteiger charge is 2.33. The maximum atomic E-state index is 12.1. The van der Waals surface area contributed by atoms with Crippen molar-refractivity contribution in [3.8, 4) is 0 Å². The Bertz CT molecular complexity index is 494. The number of amides is 1. The van der Waals surface area contributed by atoms with Gasteiger partial charge in [-0.3, -0.25) is 9.88 Å². The summed E-state index contributed by atoms with van der Waals surface area (Å²) in [5.74, 6) is 0. The molecule has 19 heavy (non-hydrogen) atoms. The van der Waals surface area contributed by atoms with Crippen molar-refractivity contribution in [2.45, 2.75) is 45.4 Å². The Hall–Kier alpha value is -1.91. The van der Waals surface area contributed by atoms with Crippen molar-refractivity contribution in [3.63, 3.8) is 0 Å². The topological polar surface area (TPSA) is 59.5 Å². The molecule has 1 aliphatic rings. The van der Waals surface area contributed by atoms with Gasteiger partial charge in [0.15, 0.2) is 0 Å². The number of nitrogens with zero attached hydrogens (tertiary/aromatic N) is 2. The summed E-state index contributed by atoms with van der Waals surface area (Å²) in [5.41, 5.74) is 1.26. The summed E-state index contributed by atoms with van der Waals surface area (Å²) >= 11 is 0. The summed E-state index contributed by atoms with van der Waals surface area (Å²) in [6.07, 6.45) is 2.50. The fourth-order valence-electron chi connectivity index (χ4n) is 2.06. The van der Waals surface area contributed by atoms with E-state index in [1.807, 2.05) is 12.1 Å². The van der Waals surface area contributed by atoms with Gasteiger partial charge in [0.25, 0.3) is 0 Å². The molecule has 1 aliphatic heterocycles. The van der Waals surface area contributed by atoms with E-state index in [0.29, 0.717) is 13.0 Å². The number of carbonyl (C=O) groups excluding carboxylic acids is 2. The van der Waals surface area contributed by atoms with Gasteiger partial charge < -0.3 is 9.53 Å². The van der Waals surface area contributed by atoms with Crippen molar-refractivity contribution >= 4 is 12.4 Å². The molecule has 102 valence electrons. The number of pyridine rings is 1. The molecule has 0 aromatic carbocycles. The van der Waals surface area contributed by atoms with Crippen LogP contribution in [-0.4, -0.2) is 33.9 Å². The molecule has 0 saturated heterocycles. The maximum absolute atomic E-state index is 12.1. The molecular weight excluding hydrogens is 244 g/mol. The van der Waals surface area contributed by atoms with Crippen LogP contribution < -0.4 is 0 Å². The highest BCUT2D eigenvalue weighted by atomic mass is 16.6. The maximum Gasteiger partial charge on any atom is 0.411 e. The Balaban J connectivity index is 2.21. The van der Waals surface area contributed by atoms with Gasteiger partial charge in [0.1, 0.15) is 11.9 Å². The van der Waals surface area contributed by atoms with E-state index in [4.69, 9.17) is 4.74 Å². The molecule has 1 aromatic heterocycles. The molecule has 1 amide bonds. The zero-order valence-corrected chi connectivity index (χ0v) is 11.4. The number of aldehydes is 1. The van der Waals surface area contributed by atoms with Crippen molar-refractivity contribution < 1.29 is 14.3 Å². The van der Waals surface area contributed by atoms with Crippen molar-refractivity contribution in [3.05, 3.63) is 29.6 Å². The third-order valence-electron chi connectivity index (χ3n) is 2.92. The Morgan fingerprint density at radius 3 is 2.89 bits per heavy atom. The lowest BCUT2D eigenvalue weighted by molar-refractivity contribution is -0.113. The van der Waals surface area contributed by atoms with Gasteiger partial charge in [0.05, 0.1) is 18.3 Å². The minimum absolute atomic E-state index is 0.314. The number of rotatable bonds is 1. The number of carbonyl (C=O) groups is 2. The lowest BCUT2D eigenvalue weighted by Crippen LogP contribution is -2.47. The van der Waals surface area contributed by atoms with Crippen molar-refractivity contribution in [2.75, 3.05) is 0 Å². The summed E-state index contributed by atoms with van der Waals surface area (Å²) in [4.78, 5) is 29.0. The van der Waals surface area contributed by atoms with Crippen LogP contribution in [0.2, 0.25) is 0 Å². The number of hydrogen-bond donors (Lipinski definition) is 0. The monoisotopic (exact) mass is 262 g/mol. The normalized spacial score (nSPS) is 18.7. The van der Waals surface area contributed by atoms with Gasteiger partial charge in [-0.15, -0.1) is 0 Å². The fraction of sp³-hybridized carbons (Fsp3) is 0.500. The third-order valence-corrected chi connectivity index (χ3v) is 2.92. The van der Waals surface area contributed by atoms with Crippen LogP contribution in [0.25, 0.3) is 0 Å². The van der Waals surface area contributed by atoms with Crippen LogP contribution >= 0.6 is 0 Å². The number of fused-ring (bicyclic) bond motifs is 1. The second kappa shape index (κ2) is 4.99. The number of aromatic nitrogens is 1. The van der Waals surface area contributed by atoms with E-state index in [-0.39, 0.29) is 0 Å². The number of hydrogen-bond acceptors (Lipinski definition) is 4. The van der Waals surface area contributed by atoms with E-state index in [1.54, 1.807) is 27.0 Å². The first-order valence-corrected chi connectivity index (χ1v) is 6.28. The molecule has 1 unspecified atom stereocenters. The largest absolute Gasteiger partial charge is 0.444 e. The van der Waals surface area contributed by atoms with E-state index >= 15 is 0 Å². The molecule has 5 nitrogen and oxygen atoms in total. The van der Waals surface area contributed by atoms with Crippen LogP contribution in [0, 0.1) is 0 Å². The van der Waals surface area contributed by atoms with E-state index in [9.17, 15) is 9.59 Å². The molecule has 1 atom stereocenters. The summed E-state index contributed by atoms with van der Waals surface area (Å²) in [7, 11) is 0. The van der Waals surface area contributed by atoms with E-state index in [0.717, 1.165) is 17.5 Å². The van der Waals surface area contributed by atoms with E-state index in [1.165, 1.54) is 4.90 Å². The first-order chi connectivity index (χ1) is 8.90. The third kappa shape index (κ3) is 3.10. The lowest BCUT2D eigenvalue weighted by atomic mass is 9.99. The molecule has 0 aliphatic carbocycles. The minimum Gasteiger partial charge on any atom is -0.444 e. The molecular formula is C14H18N2O3. The highest BCUT2D eigenvalue weighted by molar-refractivity contribution is 5.74. The Labute approximate surface area is 112 Å². The zero-order chi connectivity index (χ0) is 14.0. The average molecular weight is 262 g/mol. The summed E-state index contributed by atoms with van der Waals surface area (Å²) in [5, 5.41) is 0. The van der Waals surface area contributed by atoms with Crippen LogP contribution in [0.1, 0.15) is 32.0 Å². The second-order valence-corrected chi connectivity index (χ2v) is 5.63. The van der Waals surface area contributed by atoms with Crippen LogP contribution in [0.5, 0.6) is 0 Å². The molecule has 0 saturated carbocycles. The Morgan fingerprint density at radius 1 is 1.53 bits per heavy atom. The lowest BCUT2D eigenvalue weighted by Gasteiger charge is -2.34. The quantitative estimate of drug-likeness (QED) is 0.726. The van der Waals surface area contributed by atoms with E-state index in [2.05, 4.69) is 4.98 Å². The Morgan fingerprint density at radius 2 is 2.26 bits per heavy atom. The van der Waals surface area contributed by atoms with Crippen LogP contribution in [0.3, 0.4) is 0 Å². The minimum atomic E-state index is -0.574. The first kappa shape index (κ1) is 13.5. The molecule has 2 rings (SSSR count). The second-order valence-electron chi connectivity index (χ2n) is 5.63. The fourth-order valence-corrected chi connectivity index (χ4v) is 2.06. The van der Waals surface area contributed by atoms with Crippen molar-refractivity contribution in [2.24, 2.45) is 0 Å².